The topological polar surface area (TPSA) is 23.9 Å². The van der Waals surface area contributed by atoms with Crippen LogP contribution in [0.2, 0.25) is 0 Å². The lowest BCUT2D eigenvalue weighted by atomic mass is 9.85. The normalized spacial score (nSPS) is 32.8. The Labute approximate surface area is 37.9 Å². The van der Waals surface area contributed by atoms with Gasteiger partial charge in [0.25, 0.3) is 0 Å². The van der Waals surface area contributed by atoms with Gasteiger partial charge in [-0.3, -0.25) is 0 Å². The van der Waals surface area contributed by atoms with Gasteiger partial charge >= 0.3 is 0 Å². The fourth-order valence-electron chi connectivity index (χ4n) is 0.577. The van der Waals surface area contributed by atoms with E-state index in [0.29, 0.717) is 5.92 Å². The third-order valence-corrected chi connectivity index (χ3v) is 1.44. The van der Waals surface area contributed by atoms with E-state index in [1.165, 1.54) is 6.42 Å². The lowest BCUT2D eigenvalue weighted by molar-refractivity contribution is 0.599. The van der Waals surface area contributed by atoms with Crippen LogP contribution in [0.1, 0.15) is 19.8 Å². The molecule has 0 spiro atoms. The number of nitrogens with one attached hydrogen (secondary N) is 1. The van der Waals surface area contributed by atoms with Gasteiger partial charge in [-0.1, -0.05) is 6.92 Å². The van der Waals surface area contributed by atoms with Gasteiger partial charge in [0.15, 0.2) is 0 Å². The summed E-state index contributed by atoms with van der Waals surface area (Å²) in [6.45, 7) is 2.10. The van der Waals surface area contributed by atoms with E-state index in [1.54, 1.807) is 0 Å². The highest BCUT2D eigenvalue weighted by Gasteiger charge is 2.17. The molecule has 1 nitrogen and oxygen atoms in total. The maximum Gasteiger partial charge on any atom is 0.0118 e. The van der Waals surface area contributed by atoms with Crippen molar-refractivity contribution in [3.05, 3.63) is 0 Å². The van der Waals surface area contributed by atoms with Gasteiger partial charge in [-0.05, 0) is 18.8 Å². The fraction of sp³-hybridized carbons (Fsp3) is 0.800. The first kappa shape index (κ1) is 3.85. The molecule has 0 amide bonds. The molecule has 1 aliphatic carbocycles. The Bertz CT molecular complexity index is 76.0. The lowest BCUT2D eigenvalue weighted by Gasteiger charge is -2.21. The zero-order valence-electron chi connectivity index (χ0n) is 3.99. The van der Waals surface area contributed by atoms with Crippen LogP contribution >= 0.6 is 0 Å². The van der Waals surface area contributed by atoms with Gasteiger partial charge in [-0.15, -0.1) is 0 Å². The van der Waals surface area contributed by atoms with E-state index in [1.807, 2.05) is 0 Å². The monoisotopic (exact) mass is 83.1 g/mol. The summed E-state index contributed by atoms with van der Waals surface area (Å²) in [5, 5.41) is 7.04. The van der Waals surface area contributed by atoms with E-state index in [4.69, 9.17) is 5.41 Å². The van der Waals surface area contributed by atoms with Gasteiger partial charge in [0.1, 0.15) is 0 Å². The number of rotatable bonds is 0. The molecule has 0 aromatic carbocycles. The largest absolute Gasteiger partial charge is 0.309 e. The SMILES string of the molecule is CC1CCC1=N. The highest BCUT2D eigenvalue weighted by Crippen LogP contribution is 2.20. The molecular formula is C5H9N. The summed E-state index contributed by atoms with van der Waals surface area (Å²) >= 11 is 0. The predicted molar refractivity (Wildman–Crippen MR) is 26.1 cm³/mol. The molecule has 1 fully saturated rings. The summed E-state index contributed by atoms with van der Waals surface area (Å²) in [6.07, 6.45) is 2.31. The molecule has 0 aromatic heterocycles. The van der Waals surface area contributed by atoms with Crippen molar-refractivity contribution in [2.24, 2.45) is 5.92 Å². The summed E-state index contributed by atoms with van der Waals surface area (Å²) in [4.78, 5) is 0. The summed E-state index contributed by atoms with van der Waals surface area (Å²) in [5.41, 5.74) is 0.940. The molecule has 34 valence electrons. The van der Waals surface area contributed by atoms with Crippen molar-refractivity contribution in [2.75, 3.05) is 0 Å². The average Bonchev–Trinajstić information content (AvgIpc) is 1.61. The molecule has 1 unspecified atom stereocenters. The van der Waals surface area contributed by atoms with Gasteiger partial charge in [0, 0.05) is 5.71 Å². The summed E-state index contributed by atoms with van der Waals surface area (Å²) in [7, 11) is 0. The first-order valence-corrected chi connectivity index (χ1v) is 2.38. The van der Waals surface area contributed by atoms with Crippen LogP contribution in [0.5, 0.6) is 0 Å². The summed E-state index contributed by atoms with van der Waals surface area (Å²) < 4.78 is 0. The molecule has 1 atom stereocenters. The molecule has 0 aliphatic heterocycles. The predicted octanol–water partition coefficient (Wildman–Crippen LogP) is 1.44. The van der Waals surface area contributed by atoms with Crippen LogP contribution in [-0.2, 0) is 0 Å². The van der Waals surface area contributed by atoms with Crippen LogP contribution in [0.15, 0.2) is 0 Å². The van der Waals surface area contributed by atoms with Gasteiger partial charge in [-0.2, -0.15) is 0 Å². The molecular weight excluding hydrogens is 74.1 g/mol. The molecule has 1 saturated carbocycles. The van der Waals surface area contributed by atoms with Crippen molar-refractivity contribution < 1.29 is 0 Å². The van der Waals surface area contributed by atoms with Crippen molar-refractivity contribution in [2.45, 2.75) is 19.8 Å². The molecule has 0 heterocycles. The van der Waals surface area contributed by atoms with E-state index < -0.39 is 0 Å². The third kappa shape index (κ3) is 0.348. The highest BCUT2D eigenvalue weighted by molar-refractivity contribution is 5.88. The molecule has 1 rings (SSSR count). The van der Waals surface area contributed by atoms with Crippen LogP contribution in [-0.4, -0.2) is 5.71 Å². The Balaban J connectivity index is 2.39. The Hall–Kier alpha value is -0.330. The number of hydrogen-bond donors (Lipinski definition) is 1. The first-order chi connectivity index (χ1) is 2.80. The molecule has 0 bridgehead atoms. The quantitative estimate of drug-likeness (QED) is 0.458. The molecule has 1 N–H and O–H groups in total. The summed E-state index contributed by atoms with van der Waals surface area (Å²) in [6, 6.07) is 0. The van der Waals surface area contributed by atoms with Crippen LogP contribution < -0.4 is 0 Å². The van der Waals surface area contributed by atoms with E-state index in [2.05, 4.69) is 6.92 Å². The maximum atomic E-state index is 7.04. The minimum absolute atomic E-state index is 0.616. The zero-order chi connectivity index (χ0) is 4.57. The fourth-order valence-corrected chi connectivity index (χ4v) is 0.577. The van der Waals surface area contributed by atoms with Gasteiger partial charge in [-0.25, -0.2) is 0 Å². The van der Waals surface area contributed by atoms with Crippen LogP contribution in [0.3, 0.4) is 0 Å². The Morgan fingerprint density at radius 3 is 2.33 bits per heavy atom. The van der Waals surface area contributed by atoms with E-state index in [-0.39, 0.29) is 0 Å². The lowest BCUT2D eigenvalue weighted by Crippen LogP contribution is -2.20. The van der Waals surface area contributed by atoms with Gasteiger partial charge in [0.2, 0.25) is 0 Å². The van der Waals surface area contributed by atoms with Crippen LogP contribution in [0.4, 0.5) is 0 Å². The average molecular weight is 83.1 g/mol. The molecule has 1 aliphatic rings. The van der Waals surface area contributed by atoms with E-state index in [9.17, 15) is 0 Å². The first-order valence-electron chi connectivity index (χ1n) is 2.38. The molecule has 0 radical (unpaired) electrons. The van der Waals surface area contributed by atoms with E-state index >= 15 is 0 Å². The molecule has 0 aromatic rings. The molecule has 1 heteroatoms. The number of hydrogen-bond acceptors (Lipinski definition) is 1. The van der Waals surface area contributed by atoms with E-state index in [0.717, 1.165) is 12.1 Å². The molecule has 0 saturated heterocycles. The van der Waals surface area contributed by atoms with Crippen molar-refractivity contribution in [3.63, 3.8) is 0 Å². The maximum absolute atomic E-state index is 7.04. The highest BCUT2D eigenvalue weighted by atomic mass is 14.5. The smallest absolute Gasteiger partial charge is 0.0118 e. The van der Waals surface area contributed by atoms with Crippen LogP contribution in [0.25, 0.3) is 0 Å². The van der Waals surface area contributed by atoms with Crippen molar-refractivity contribution in [1.82, 2.24) is 0 Å². The second-order valence-corrected chi connectivity index (χ2v) is 1.96. The Morgan fingerprint density at radius 2 is 2.33 bits per heavy atom. The standard InChI is InChI=1S/C5H9N/c1-4-2-3-5(4)6/h4,6H,2-3H2,1H3. The van der Waals surface area contributed by atoms with Crippen LogP contribution in [0, 0.1) is 11.3 Å². The van der Waals surface area contributed by atoms with Crippen molar-refractivity contribution in [1.29, 1.82) is 5.41 Å². The minimum atomic E-state index is 0.616. The van der Waals surface area contributed by atoms with Gasteiger partial charge < -0.3 is 5.41 Å². The van der Waals surface area contributed by atoms with Gasteiger partial charge in [0.05, 0.1) is 0 Å². The summed E-state index contributed by atoms with van der Waals surface area (Å²) in [5.74, 6) is 0.616. The van der Waals surface area contributed by atoms with Crippen molar-refractivity contribution in [3.8, 4) is 0 Å². The minimum Gasteiger partial charge on any atom is -0.309 e. The third-order valence-electron chi connectivity index (χ3n) is 1.44. The van der Waals surface area contributed by atoms with Crippen molar-refractivity contribution >= 4 is 5.71 Å². The Morgan fingerprint density at radius 1 is 1.83 bits per heavy atom. The Kier molecular flexibility index (Phi) is 0.685. The second-order valence-electron chi connectivity index (χ2n) is 1.96. The second kappa shape index (κ2) is 1.07. The zero-order valence-corrected chi connectivity index (χ0v) is 3.99. The molecule has 6 heavy (non-hydrogen) atoms.